The maximum absolute atomic E-state index is 10.1. The van der Waals surface area contributed by atoms with Crippen LogP contribution in [0.1, 0.15) is 56.8 Å². The molecule has 0 amide bonds. The van der Waals surface area contributed by atoms with E-state index in [0.717, 1.165) is 23.5 Å². The summed E-state index contributed by atoms with van der Waals surface area (Å²) in [7, 11) is 0. The molecule has 1 saturated carbocycles. The molecule has 3 heteroatoms. The maximum Gasteiger partial charge on any atom is 0.0996 e. The predicted molar refractivity (Wildman–Crippen MR) is 63.1 cm³/mol. The Bertz CT molecular complexity index is 336. The van der Waals surface area contributed by atoms with E-state index in [1.165, 1.54) is 6.42 Å². The van der Waals surface area contributed by atoms with Gasteiger partial charge in [0, 0.05) is 10.8 Å². The molecule has 0 saturated heterocycles. The van der Waals surface area contributed by atoms with E-state index in [9.17, 15) is 5.11 Å². The summed E-state index contributed by atoms with van der Waals surface area (Å²) in [6.07, 6.45) is 3.25. The SMILES string of the molecule is CC(C)(C)c1nc(C(O)C2CCC2)cs1. The fourth-order valence-corrected chi connectivity index (χ4v) is 2.70. The molecule has 1 atom stereocenters. The highest BCUT2D eigenvalue weighted by Gasteiger charge is 2.29. The number of hydrogen-bond acceptors (Lipinski definition) is 3. The third kappa shape index (κ3) is 2.23. The van der Waals surface area contributed by atoms with E-state index in [1.807, 2.05) is 5.38 Å². The monoisotopic (exact) mass is 225 g/mol. The van der Waals surface area contributed by atoms with Crippen molar-refractivity contribution in [3.8, 4) is 0 Å². The van der Waals surface area contributed by atoms with Crippen LogP contribution in [0.3, 0.4) is 0 Å². The second kappa shape index (κ2) is 3.87. The Balaban J connectivity index is 2.12. The van der Waals surface area contributed by atoms with Gasteiger partial charge in [-0.15, -0.1) is 11.3 Å². The Kier molecular flexibility index (Phi) is 2.86. The van der Waals surface area contributed by atoms with Crippen molar-refractivity contribution in [3.05, 3.63) is 16.1 Å². The van der Waals surface area contributed by atoms with Crippen LogP contribution in [-0.2, 0) is 5.41 Å². The summed E-state index contributed by atoms with van der Waals surface area (Å²) in [5, 5.41) is 13.2. The normalized spacial score (nSPS) is 20.0. The van der Waals surface area contributed by atoms with Gasteiger partial charge in [0.05, 0.1) is 16.8 Å². The van der Waals surface area contributed by atoms with Crippen LogP contribution in [0.25, 0.3) is 0 Å². The van der Waals surface area contributed by atoms with Crippen LogP contribution < -0.4 is 0 Å². The molecule has 1 aliphatic rings. The minimum absolute atomic E-state index is 0.0995. The van der Waals surface area contributed by atoms with E-state index in [0.29, 0.717) is 5.92 Å². The van der Waals surface area contributed by atoms with Gasteiger partial charge in [-0.2, -0.15) is 0 Å². The summed E-state index contributed by atoms with van der Waals surface area (Å²) in [5.41, 5.74) is 0.983. The lowest BCUT2D eigenvalue weighted by atomic mass is 9.80. The summed E-state index contributed by atoms with van der Waals surface area (Å²) < 4.78 is 0. The molecule has 15 heavy (non-hydrogen) atoms. The lowest BCUT2D eigenvalue weighted by Crippen LogP contribution is -2.20. The summed E-state index contributed by atoms with van der Waals surface area (Å²) in [6.45, 7) is 6.47. The summed E-state index contributed by atoms with van der Waals surface area (Å²) >= 11 is 1.67. The maximum atomic E-state index is 10.1. The van der Waals surface area contributed by atoms with Gasteiger partial charge in [-0.1, -0.05) is 27.2 Å². The number of aliphatic hydroxyl groups is 1. The molecule has 1 aromatic heterocycles. The Morgan fingerprint density at radius 1 is 1.47 bits per heavy atom. The van der Waals surface area contributed by atoms with Crippen LogP contribution in [0.4, 0.5) is 0 Å². The Morgan fingerprint density at radius 3 is 2.53 bits per heavy atom. The Hall–Kier alpha value is -0.410. The lowest BCUT2D eigenvalue weighted by Gasteiger charge is -2.29. The first-order valence-electron chi connectivity index (χ1n) is 5.62. The topological polar surface area (TPSA) is 33.1 Å². The van der Waals surface area contributed by atoms with Crippen molar-refractivity contribution in [1.29, 1.82) is 0 Å². The number of rotatable bonds is 2. The summed E-state index contributed by atoms with van der Waals surface area (Å²) in [6, 6.07) is 0. The van der Waals surface area contributed by atoms with E-state index in [1.54, 1.807) is 11.3 Å². The molecule has 1 unspecified atom stereocenters. The number of aromatic nitrogens is 1. The molecule has 1 heterocycles. The molecule has 1 fully saturated rings. The third-order valence-corrected chi connectivity index (χ3v) is 4.35. The first-order chi connectivity index (χ1) is 6.98. The molecule has 0 bridgehead atoms. The minimum atomic E-state index is -0.328. The molecule has 0 aliphatic heterocycles. The van der Waals surface area contributed by atoms with Crippen molar-refractivity contribution in [1.82, 2.24) is 4.98 Å². The average molecular weight is 225 g/mol. The smallest absolute Gasteiger partial charge is 0.0996 e. The highest BCUT2D eigenvalue weighted by molar-refractivity contribution is 7.09. The standard InChI is InChI=1S/C12H19NOS/c1-12(2,3)11-13-9(7-15-11)10(14)8-5-4-6-8/h7-8,10,14H,4-6H2,1-3H3. The number of thiazole rings is 1. The predicted octanol–water partition coefficient (Wildman–Crippen LogP) is 3.27. The van der Waals surface area contributed by atoms with Gasteiger partial charge in [-0.3, -0.25) is 0 Å². The van der Waals surface area contributed by atoms with Gasteiger partial charge in [0.15, 0.2) is 0 Å². The molecular formula is C12H19NOS. The van der Waals surface area contributed by atoms with E-state index in [-0.39, 0.29) is 11.5 Å². The highest BCUT2D eigenvalue weighted by atomic mass is 32.1. The first-order valence-corrected chi connectivity index (χ1v) is 6.50. The van der Waals surface area contributed by atoms with Crippen molar-refractivity contribution in [2.24, 2.45) is 5.92 Å². The molecule has 2 rings (SSSR count). The van der Waals surface area contributed by atoms with Crippen molar-refractivity contribution < 1.29 is 5.11 Å². The Labute approximate surface area is 95.4 Å². The lowest BCUT2D eigenvalue weighted by molar-refractivity contribution is 0.0589. The average Bonchev–Trinajstić information content (AvgIpc) is 2.46. The van der Waals surface area contributed by atoms with E-state index in [4.69, 9.17) is 0 Å². The molecular weight excluding hydrogens is 206 g/mol. The van der Waals surface area contributed by atoms with E-state index in [2.05, 4.69) is 25.8 Å². The highest BCUT2D eigenvalue weighted by Crippen LogP contribution is 2.38. The quantitative estimate of drug-likeness (QED) is 0.838. The van der Waals surface area contributed by atoms with Gasteiger partial charge in [-0.05, 0) is 18.8 Å². The largest absolute Gasteiger partial charge is 0.386 e. The van der Waals surface area contributed by atoms with Gasteiger partial charge in [0.1, 0.15) is 0 Å². The number of hydrogen-bond donors (Lipinski definition) is 1. The third-order valence-electron chi connectivity index (χ3n) is 3.06. The molecule has 0 radical (unpaired) electrons. The van der Waals surface area contributed by atoms with Gasteiger partial charge < -0.3 is 5.11 Å². The molecule has 1 N–H and O–H groups in total. The zero-order chi connectivity index (χ0) is 11.1. The Morgan fingerprint density at radius 2 is 2.13 bits per heavy atom. The van der Waals surface area contributed by atoms with Gasteiger partial charge in [0.2, 0.25) is 0 Å². The molecule has 2 nitrogen and oxygen atoms in total. The molecule has 1 aromatic rings. The second-order valence-corrected chi connectivity index (χ2v) is 6.32. The summed E-state index contributed by atoms with van der Waals surface area (Å²) in [4.78, 5) is 4.55. The number of aliphatic hydroxyl groups excluding tert-OH is 1. The van der Waals surface area contributed by atoms with E-state index < -0.39 is 0 Å². The zero-order valence-electron chi connectivity index (χ0n) is 9.66. The van der Waals surface area contributed by atoms with Gasteiger partial charge >= 0.3 is 0 Å². The van der Waals surface area contributed by atoms with Crippen molar-refractivity contribution in [2.75, 3.05) is 0 Å². The molecule has 0 spiro atoms. The van der Waals surface area contributed by atoms with Crippen LogP contribution in [0, 0.1) is 5.92 Å². The van der Waals surface area contributed by atoms with Crippen LogP contribution in [-0.4, -0.2) is 10.1 Å². The van der Waals surface area contributed by atoms with Crippen LogP contribution in [0.15, 0.2) is 5.38 Å². The van der Waals surface area contributed by atoms with Crippen LogP contribution in [0.5, 0.6) is 0 Å². The fraction of sp³-hybridized carbons (Fsp3) is 0.750. The van der Waals surface area contributed by atoms with Crippen molar-refractivity contribution in [3.63, 3.8) is 0 Å². The fourth-order valence-electron chi connectivity index (χ4n) is 1.76. The number of nitrogens with zero attached hydrogens (tertiary/aromatic N) is 1. The molecule has 0 aromatic carbocycles. The molecule has 1 aliphatic carbocycles. The van der Waals surface area contributed by atoms with Crippen molar-refractivity contribution in [2.45, 2.75) is 51.6 Å². The second-order valence-electron chi connectivity index (χ2n) is 5.46. The van der Waals surface area contributed by atoms with Gasteiger partial charge in [-0.25, -0.2) is 4.98 Å². The van der Waals surface area contributed by atoms with E-state index >= 15 is 0 Å². The first kappa shape index (κ1) is 11.1. The van der Waals surface area contributed by atoms with Crippen LogP contribution in [0.2, 0.25) is 0 Å². The minimum Gasteiger partial charge on any atom is -0.386 e. The molecule has 84 valence electrons. The summed E-state index contributed by atoms with van der Waals surface area (Å²) in [5.74, 6) is 0.458. The van der Waals surface area contributed by atoms with Gasteiger partial charge in [0.25, 0.3) is 0 Å². The van der Waals surface area contributed by atoms with Crippen LogP contribution >= 0.6 is 11.3 Å². The zero-order valence-corrected chi connectivity index (χ0v) is 10.5. The van der Waals surface area contributed by atoms with Crippen molar-refractivity contribution >= 4 is 11.3 Å².